The highest BCUT2D eigenvalue weighted by Gasteiger charge is 2.17. The molecule has 1 N–H and O–H groups in total. The Kier molecular flexibility index (Phi) is 5.18. The minimum Gasteiger partial charge on any atom is -0.343 e. The SMILES string of the molecule is CS(=O)(=O)c1cccc(C(=O)NCC(=O)N2CCCCC2)c1. The van der Waals surface area contributed by atoms with Crippen LogP contribution in [0.1, 0.15) is 29.6 Å². The van der Waals surface area contributed by atoms with E-state index in [2.05, 4.69) is 5.32 Å². The summed E-state index contributed by atoms with van der Waals surface area (Å²) in [7, 11) is -3.36. The van der Waals surface area contributed by atoms with Gasteiger partial charge in [-0.25, -0.2) is 8.42 Å². The fourth-order valence-corrected chi connectivity index (χ4v) is 3.05. The number of benzene rings is 1. The molecule has 7 heteroatoms. The molecule has 0 spiro atoms. The number of likely N-dealkylation sites (tertiary alicyclic amines) is 1. The minimum absolute atomic E-state index is 0.0675. The van der Waals surface area contributed by atoms with E-state index >= 15 is 0 Å². The average Bonchev–Trinajstić information content (AvgIpc) is 2.52. The van der Waals surface area contributed by atoms with Crippen LogP contribution in [0.3, 0.4) is 0 Å². The number of carbonyl (C=O) groups is 2. The summed E-state index contributed by atoms with van der Waals surface area (Å²) in [5, 5.41) is 2.55. The number of rotatable bonds is 4. The molecule has 0 bridgehead atoms. The maximum atomic E-state index is 12.0. The average molecular weight is 324 g/mol. The number of sulfone groups is 1. The fraction of sp³-hybridized carbons (Fsp3) is 0.467. The molecule has 22 heavy (non-hydrogen) atoms. The van der Waals surface area contributed by atoms with Crippen LogP contribution < -0.4 is 5.32 Å². The molecule has 1 aliphatic rings. The standard InChI is InChI=1S/C15H20N2O4S/c1-22(20,21)13-7-5-6-12(10-13)15(19)16-11-14(18)17-8-3-2-4-9-17/h5-7,10H,2-4,8-9,11H2,1H3,(H,16,19). The van der Waals surface area contributed by atoms with Crippen LogP contribution in [-0.4, -0.2) is 51.0 Å². The largest absolute Gasteiger partial charge is 0.343 e. The molecule has 1 saturated heterocycles. The number of hydrogen-bond acceptors (Lipinski definition) is 4. The van der Waals surface area contributed by atoms with Crippen molar-refractivity contribution >= 4 is 21.7 Å². The van der Waals surface area contributed by atoms with Gasteiger partial charge < -0.3 is 10.2 Å². The zero-order valence-corrected chi connectivity index (χ0v) is 13.4. The molecule has 0 atom stereocenters. The number of hydrogen-bond donors (Lipinski definition) is 1. The van der Waals surface area contributed by atoms with Gasteiger partial charge in [-0.05, 0) is 37.5 Å². The zero-order valence-electron chi connectivity index (χ0n) is 12.5. The fourth-order valence-electron chi connectivity index (χ4n) is 2.38. The molecular formula is C15H20N2O4S. The van der Waals surface area contributed by atoms with E-state index < -0.39 is 15.7 Å². The van der Waals surface area contributed by atoms with Crippen molar-refractivity contribution in [2.45, 2.75) is 24.2 Å². The van der Waals surface area contributed by atoms with Crippen LogP contribution in [0.4, 0.5) is 0 Å². The topological polar surface area (TPSA) is 83.5 Å². The van der Waals surface area contributed by atoms with Crippen LogP contribution in [0.15, 0.2) is 29.2 Å². The monoisotopic (exact) mass is 324 g/mol. The van der Waals surface area contributed by atoms with E-state index in [0.717, 1.165) is 38.6 Å². The number of carbonyl (C=O) groups excluding carboxylic acids is 2. The lowest BCUT2D eigenvalue weighted by molar-refractivity contribution is -0.130. The molecule has 2 amide bonds. The summed E-state index contributed by atoms with van der Waals surface area (Å²) < 4.78 is 23.0. The van der Waals surface area contributed by atoms with Crippen molar-refractivity contribution < 1.29 is 18.0 Å². The lowest BCUT2D eigenvalue weighted by Crippen LogP contribution is -2.42. The molecule has 0 aromatic heterocycles. The van der Waals surface area contributed by atoms with Crippen LogP contribution in [0.5, 0.6) is 0 Å². The van der Waals surface area contributed by atoms with E-state index in [1.54, 1.807) is 4.90 Å². The normalized spacial score (nSPS) is 15.4. The Morgan fingerprint density at radius 3 is 2.50 bits per heavy atom. The molecular weight excluding hydrogens is 304 g/mol. The molecule has 6 nitrogen and oxygen atoms in total. The number of nitrogens with one attached hydrogen (secondary N) is 1. The number of amides is 2. The highest BCUT2D eigenvalue weighted by atomic mass is 32.2. The van der Waals surface area contributed by atoms with Crippen molar-refractivity contribution in [2.75, 3.05) is 25.9 Å². The van der Waals surface area contributed by atoms with Gasteiger partial charge in [0.05, 0.1) is 11.4 Å². The summed E-state index contributed by atoms with van der Waals surface area (Å²) in [4.78, 5) is 25.8. The third kappa shape index (κ3) is 4.30. The highest BCUT2D eigenvalue weighted by Crippen LogP contribution is 2.11. The first-order chi connectivity index (χ1) is 10.4. The van der Waals surface area contributed by atoms with E-state index in [9.17, 15) is 18.0 Å². The predicted octanol–water partition coefficient (Wildman–Crippen LogP) is 0.832. The van der Waals surface area contributed by atoms with E-state index in [1.807, 2.05) is 0 Å². The lowest BCUT2D eigenvalue weighted by Gasteiger charge is -2.26. The van der Waals surface area contributed by atoms with Crippen LogP contribution in [-0.2, 0) is 14.6 Å². The third-order valence-electron chi connectivity index (χ3n) is 3.63. The van der Waals surface area contributed by atoms with Gasteiger partial charge in [-0.2, -0.15) is 0 Å². The molecule has 0 saturated carbocycles. The Hall–Kier alpha value is -1.89. The van der Waals surface area contributed by atoms with E-state index in [0.29, 0.717) is 0 Å². The summed E-state index contributed by atoms with van der Waals surface area (Å²) >= 11 is 0. The smallest absolute Gasteiger partial charge is 0.251 e. The third-order valence-corrected chi connectivity index (χ3v) is 4.74. The molecule has 1 aromatic rings. The van der Waals surface area contributed by atoms with Crippen LogP contribution in [0.2, 0.25) is 0 Å². The van der Waals surface area contributed by atoms with Gasteiger partial charge >= 0.3 is 0 Å². The molecule has 120 valence electrons. The maximum Gasteiger partial charge on any atom is 0.251 e. The molecule has 2 rings (SSSR count). The van der Waals surface area contributed by atoms with Gasteiger partial charge in [0.1, 0.15) is 0 Å². The summed E-state index contributed by atoms with van der Waals surface area (Å²) in [5.74, 6) is -0.553. The lowest BCUT2D eigenvalue weighted by atomic mass is 10.1. The Morgan fingerprint density at radius 1 is 1.18 bits per heavy atom. The molecule has 0 unspecified atom stereocenters. The van der Waals surface area contributed by atoms with Crippen molar-refractivity contribution in [3.63, 3.8) is 0 Å². The highest BCUT2D eigenvalue weighted by molar-refractivity contribution is 7.90. The quantitative estimate of drug-likeness (QED) is 0.889. The van der Waals surface area contributed by atoms with Gasteiger partial charge in [-0.3, -0.25) is 9.59 Å². The molecule has 1 aromatic carbocycles. The summed E-state index contributed by atoms with van der Waals surface area (Å²) in [6.07, 6.45) is 4.21. The van der Waals surface area contributed by atoms with Crippen LogP contribution in [0.25, 0.3) is 0 Å². The molecule has 1 aliphatic heterocycles. The minimum atomic E-state index is -3.36. The van der Waals surface area contributed by atoms with Crippen molar-refractivity contribution in [1.29, 1.82) is 0 Å². The Labute approximate surface area is 130 Å². The van der Waals surface area contributed by atoms with Gasteiger partial charge in [-0.15, -0.1) is 0 Å². The number of piperidine rings is 1. The van der Waals surface area contributed by atoms with Gasteiger partial charge in [0.25, 0.3) is 5.91 Å². The van der Waals surface area contributed by atoms with Gasteiger partial charge in [0.2, 0.25) is 5.91 Å². The van der Waals surface area contributed by atoms with Gasteiger partial charge in [0.15, 0.2) is 9.84 Å². The van der Waals surface area contributed by atoms with Gasteiger partial charge in [-0.1, -0.05) is 6.07 Å². The van der Waals surface area contributed by atoms with E-state index in [1.165, 1.54) is 24.3 Å². The first-order valence-corrected chi connectivity index (χ1v) is 9.13. The second-order valence-electron chi connectivity index (χ2n) is 5.42. The van der Waals surface area contributed by atoms with Crippen LogP contribution in [0, 0.1) is 0 Å². The zero-order chi connectivity index (χ0) is 16.2. The van der Waals surface area contributed by atoms with E-state index in [4.69, 9.17) is 0 Å². The molecule has 0 aliphatic carbocycles. The van der Waals surface area contributed by atoms with Gasteiger partial charge in [0, 0.05) is 24.9 Å². The summed E-state index contributed by atoms with van der Waals surface area (Å²) in [6, 6.07) is 5.79. The maximum absolute atomic E-state index is 12.0. The summed E-state index contributed by atoms with van der Waals surface area (Å²) in [6.45, 7) is 1.40. The predicted molar refractivity (Wildman–Crippen MR) is 82.3 cm³/mol. The Balaban J connectivity index is 1.96. The Bertz CT molecular complexity index is 664. The Morgan fingerprint density at radius 2 is 1.86 bits per heavy atom. The number of nitrogens with zero attached hydrogens (tertiary/aromatic N) is 1. The molecule has 1 fully saturated rings. The first-order valence-electron chi connectivity index (χ1n) is 7.24. The second kappa shape index (κ2) is 6.91. The van der Waals surface area contributed by atoms with Crippen molar-refractivity contribution in [2.24, 2.45) is 0 Å². The molecule has 1 heterocycles. The van der Waals surface area contributed by atoms with Crippen LogP contribution >= 0.6 is 0 Å². The first kappa shape index (κ1) is 16.5. The van der Waals surface area contributed by atoms with E-state index in [-0.39, 0.29) is 22.9 Å². The van der Waals surface area contributed by atoms with Crippen molar-refractivity contribution in [3.05, 3.63) is 29.8 Å². The second-order valence-corrected chi connectivity index (χ2v) is 7.44. The molecule has 0 radical (unpaired) electrons. The van der Waals surface area contributed by atoms with Crippen molar-refractivity contribution in [3.8, 4) is 0 Å². The van der Waals surface area contributed by atoms with Crippen molar-refractivity contribution in [1.82, 2.24) is 10.2 Å². The summed E-state index contributed by atoms with van der Waals surface area (Å²) in [5.41, 5.74) is 0.231.